The average Bonchev–Trinajstić information content (AvgIpc) is 3.13. The maximum atomic E-state index is 12.7. The van der Waals surface area contributed by atoms with Crippen LogP contribution in [0.1, 0.15) is 12.5 Å². The van der Waals surface area contributed by atoms with Gasteiger partial charge in [0.1, 0.15) is 11.8 Å². The Kier molecular flexibility index (Phi) is 6.09. The van der Waals surface area contributed by atoms with Crippen molar-refractivity contribution in [3.05, 3.63) is 47.0 Å². The maximum absolute atomic E-state index is 12.7. The Morgan fingerprint density at radius 3 is 2.62 bits per heavy atom. The molecule has 0 spiro atoms. The summed E-state index contributed by atoms with van der Waals surface area (Å²) in [5.74, 6) is 1.20. The van der Waals surface area contributed by atoms with Crippen LogP contribution in [0.25, 0.3) is 0 Å². The molecule has 1 aliphatic rings. The molecule has 1 aliphatic heterocycles. The number of rotatable bonds is 7. The highest BCUT2D eigenvalue weighted by molar-refractivity contribution is 7.92. The van der Waals surface area contributed by atoms with E-state index in [0.29, 0.717) is 17.2 Å². The van der Waals surface area contributed by atoms with E-state index in [1.54, 1.807) is 24.3 Å². The number of hydrogen-bond donors (Lipinski definition) is 1. The Bertz CT molecular complexity index is 1030. The average molecular weight is 441 g/mol. The summed E-state index contributed by atoms with van der Waals surface area (Å²) in [7, 11) is -2.29. The van der Waals surface area contributed by atoms with Crippen molar-refractivity contribution in [1.82, 2.24) is 5.32 Å². The van der Waals surface area contributed by atoms with Gasteiger partial charge in [0.2, 0.25) is 22.7 Å². The molecule has 0 bridgehead atoms. The van der Waals surface area contributed by atoms with Crippen LogP contribution in [0, 0.1) is 0 Å². The van der Waals surface area contributed by atoms with E-state index in [2.05, 4.69) is 5.32 Å². The van der Waals surface area contributed by atoms with E-state index in [4.69, 9.17) is 25.8 Å². The van der Waals surface area contributed by atoms with Crippen molar-refractivity contribution >= 4 is 33.2 Å². The standard InChI is InChI=1S/C19H21ClN2O6S/c1-12(19(23)21-10-13-4-6-17-18(8-13)28-11-27-17)22(29(3,24)25)14-5-7-16(26-2)15(20)9-14/h4-9,12H,10-11H2,1-3H3,(H,21,23)/t12-/m1/s1. The Hall–Kier alpha value is -2.65. The maximum Gasteiger partial charge on any atom is 0.243 e. The van der Waals surface area contributed by atoms with Gasteiger partial charge in [-0.1, -0.05) is 17.7 Å². The number of methoxy groups -OCH3 is 1. The van der Waals surface area contributed by atoms with Crippen molar-refractivity contribution < 1.29 is 27.4 Å². The van der Waals surface area contributed by atoms with Gasteiger partial charge in [-0.2, -0.15) is 0 Å². The first-order valence-electron chi connectivity index (χ1n) is 8.70. The minimum Gasteiger partial charge on any atom is -0.495 e. The molecular weight excluding hydrogens is 420 g/mol. The Morgan fingerprint density at radius 2 is 1.97 bits per heavy atom. The number of amides is 1. The molecule has 0 saturated heterocycles. The second-order valence-corrected chi connectivity index (χ2v) is 8.73. The van der Waals surface area contributed by atoms with Gasteiger partial charge in [-0.05, 0) is 42.8 Å². The van der Waals surface area contributed by atoms with Crippen LogP contribution in [-0.2, 0) is 21.4 Å². The first-order chi connectivity index (χ1) is 13.7. The number of hydrogen-bond acceptors (Lipinski definition) is 6. The predicted octanol–water partition coefficient (Wildman–Crippen LogP) is 2.55. The normalized spacial score (nSPS) is 13.7. The second kappa shape index (κ2) is 8.38. The molecule has 2 aromatic rings. The smallest absolute Gasteiger partial charge is 0.243 e. The van der Waals surface area contributed by atoms with Crippen molar-refractivity contribution in [2.75, 3.05) is 24.5 Å². The third kappa shape index (κ3) is 4.68. The summed E-state index contributed by atoms with van der Waals surface area (Å²) >= 11 is 6.13. The van der Waals surface area contributed by atoms with Crippen LogP contribution in [0.15, 0.2) is 36.4 Å². The van der Waals surface area contributed by atoms with Crippen LogP contribution in [0.4, 0.5) is 5.69 Å². The molecule has 0 unspecified atom stereocenters. The summed E-state index contributed by atoms with van der Waals surface area (Å²) in [4.78, 5) is 12.7. The van der Waals surface area contributed by atoms with E-state index < -0.39 is 22.0 Å². The summed E-state index contributed by atoms with van der Waals surface area (Å²) in [6.45, 7) is 1.88. The molecule has 0 aromatic heterocycles. The van der Waals surface area contributed by atoms with Crippen molar-refractivity contribution in [2.45, 2.75) is 19.5 Å². The SMILES string of the molecule is COc1ccc(N([C@H](C)C(=O)NCc2ccc3c(c2)OCO3)S(C)(=O)=O)cc1Cl. The highest BCUT2D eigenvalue weighted by atomic mass is 35.5. The van der Waals surface area contributed by atoms with E-state index in [9.17, 15) is 13.2 Å². The van der Waals surface area contributed by atoms with Gasteiger partial charge < -0.3 is 19.5 Å². The molecule has 2 aromatic carbocycles. The number of nitrogens with zero attached hydrogens (tertiary/aromatic N) is 1. The molecule has 1 heterocycles. The van der Waals surface area contributed by atoms with Gasteiger partial charge in [0.15, 0.2) is 11.5 Å². The van der Waals surface area contributed by atoms with Crippen LogP contribution in [-0.4, -0.2) is 40.5 Å². The Labute approximate surface area is 174 Å². The lowest BCUT2D eigenvalue weighted by molar-refractivity contribution is -0.122. The van der Waals surface area contributed by atoms with Gasteiger partial charge in [-0.3, -0.25) is 9.10 Å². The molecular formula is C19H21ClN2O6S. The van der Waals surface area contributed by atoms with E-state index in [1.807, 2.05) is 0 Å². The van der Waals surface area contributed by atoms with Crippen molar-refractivity contribution in [1.29, 1.82) is 0 Å². The number of anilines is 1. The molecule has 29 heavy (non-hydrogen) atoms. The van der Waals surface area contributed by atoms with Crippen molar-refractivity contribution in [3.8, 4) is 17.2 Å². The summed E-state index contributed by atoms with van der Waals surface area (Å²) < 4.78 is 41.5. The monoisotopic (exact) mass is 440 g/mol. The van der Waals surface area contributed by atoms with Gasteiger partial charge in [0.25, 0.3) is 0 Å². The van der Waals surface area contributed by atoms with Gasteiger partial charge >= 0.3 is 0 Å². The quantitative estimate of drug-likeness (QED) is 0.711. The van der Waals surface area contributed by atoms with Gasteiger partial charge in [-0.15, -0.1) is 0 Å². The van der Waals surface area contributed by atoms with E-state index in [-0.39, 0.29) is 24.0 Å². The highest BCUT2D eigenvalue weighted by Crippen LogP contribution is 2.33. The predicted molar refractivity (Wildman–Crippen MR) is 109 cm³/mol. The minimum absolute atomic E-state index is 0.163. The fourth-order valence-electron chi connectivity index (χ4n) is 2.99. The Balaban J connectivity index is 1.76. The lowest BCUT2D eigenvalue weighted by Gasteiger charge is -2.28. The third-order valence-electron chi connectivity index (χ3n) is 4.38. The minimum atomic E-state index is -3.75. The lowest BCUT2D eigenvalue weighted by atomic mass is 10.2. The number of halogens is 1. The molecule has 8 nitrogen and oxygen atoms in total. The Morgan fingerprint density at radius 1 is 1.24 bits per heavy atom. The fourth-order valence-corrected chi connectivity index (χ4v) is 4.41. The summed E-state index contributed by atoms with van der Waals surface area (Å²) in [6.07, 6.45) is 1.03. The van der Waals surface area contributed by atoms with Crippen molar-refractivity contribution in [2.24, 2.45) is 0 Å². The summed E-state index contributed by atoms with van der Waals surface area (Å²) in [5, 5.41) is 2.99. The molecule has 0 fully saturated rings. The van der Waals surface area contributed by atoms with E-state index >= 15 is 0 Å². The number of fused-ring (bicyclic) bond motifs is 1. The number of ether oxygens (including phenoxy) is 3. The van der Waals surface area contributed by atoms with Crippen molar-refractivity contribution in [3.63, 3.8) is 0 Å². The first-order valence-corrected chi connectivity index (χ1v) is 10.9. The molecule has 3 rings (SSSR count). The van der Waals surface area contributed by atoms with Crippen LogP contribution >= 0.6 is 11.6 Å². The molecule has 1 N–H and O–H groups in total. The topological polar surface area (TPSA) is 94.2 Å². The van der Waals surface area contributed by atoms with Crippen LogP contribution in [0.2, 0.25) is 5.02 Å². The number of nitrogens with one attached hydrogen (secondary N) is 1. The fraction of sp³-hybridized carbons (Fsp3) is 0.316. The zero-order valence-electron chi connectivity index (χ0n) is 16.1. The molecule has 0 aliphatic carbocycles. The van der Waals surface area contributed by atoms with Gasteiger partial charge in [0, 0.05) is 6.54 Å². The molecule has 156 valence electrons. The van der Waals surface area contributed by atoms with E-state index in [1.165, 1.54) is 26.2 Å². The van der Waals surface area contributed by atoms with Crippen LogP contribution < -0.4 is 23.8 Å². The van der Waals surface area contributed by atoms with E-state index in [0.717, 1.165) is 16.1 Å². The molecule has 1 atom stereocenters. The largest absolute Gasteiger partial charge is 0.495 e. The summed E-state index contributed by atoms with van der Waals surface area (Å²) in [5.41, 5.74) is 1.07. The third-order valence-corrected chi connectivity index (χ3v) is 5.92. The molecule has 1 amide bonds. The molecule has 0 saturated carbocycles. The number of carbonyl (C=O) groups excluding carboxylic acids is 1. The van der Waals surface area contributed by atoms with Crippen LogP contribution in [0.5, 0.6) is 17.2 Å². The highest BCUT2D eigenvalue weighted by Gasteiger charge is 2.29. The second-order valence-electron chi connectivity index (χ2n) is 6.46. The van der Waals surface area contributed by atoms with Gasteiger partial charge in [0.05, 0.1) is 24.1 Å². The zero-order valence-corrected chi connectivity index (χ0v) is 17.7. The number of benzene rings is 2. The number of carbonyl (C=O) groups is 1. The van der Waals surface area contributed by atoms with Gasteiger partial charge in [-0.25, -0.2) is 8.42 Å². The summed E-state index contributed by atoms with van der Waals surface area (Å²) in [6, 6.07) is 8.86. The molecule has 10 heteroatoms. The zero-order chi connectivity index (χ0) is 21.2. The van der Waals surface area contributed by atoms with Crippen LogP contribution in [0.3, 0.4) is 0 Å². The first kappa shape index (κ1) is 21.1. The lowest BCUT2D eigenvalue weighted by Crippen LogP contribution is -2.47. The number of sulfonamides is 1. The molecule has 0 radical (unpaired) electrons.